The molecule has 2 N–H and O–H groups in total. The van der Waals surface area contributed by atoms with Gasteiger partial charge in [-0.1, -0.05) is 80.1 Å². The van der Waals surface area contributed by atoms with Gasteiger partial charge in [-0.15, -0.1) is 0 Å². The van der Waals surface area contributed by atoms with E-state index in [1.54, 1.807) is 27.7 Å². The average molecular weight is 741 g/mol. The molecule has 0 aromatic carbocycles. The highest BCUT2D eigenvalue weighted by Gasteiger charge is 2.41. The number of unbranched alkanes of at least 4 members (excludes halogenated alkanes) is 6. The highest BCUT2D eigenvalue weighted by Crippen LogP contribution is 2.24. The van der Waals surface area contributed by atoms with Crippen molar-refractivity contribution in [1.82, 2.24) is 10.6 Å². The minimum absolute atomic E-state index is 0.157. The third-order valence-electron chi connectivity index (χ3n) is 10.1. The summed E-state index contributed by atoms with van der Waals surface area (Å²) in [4.78, 5) is 52.0. The van der Waals surface area contributed by atoms with E-state index in [9.17, 15) is 19.2 Å². The fourth-order valence-electron chi connectivity index (χ4n) is 6.58. The lowest BCUT2D eigenvalue weighted by Gasteiger charge is -2.44. The van der Waals surface area contributed by atoms with Gasteiger partial charge in [-0.25, -0.2) is 0 Å². The van der Waals surface area contributed by atoms with E-state index in [4.69, 9.17) is 9.47 Å². The van der Waals surface area contributed by atoms with Crippen LogP contribution >= 0.6 is 0 Å². The smallest absolute Gasteiger partial charge is 0.307 e. The molecule has 0 fully saturated rings. The second-order valence-corrected chi connectivity index (χ2v) is 15.8. The molecule has 2 unspecified atom stereocenters. The van der Waals surface area contributed by atoms with Gasteiger partial charge in [0.15, 0.2) is 11.1 Å². The molecule has 0 rings (SSSR count). The predicted molar refractivity (Wildman–Crippen MR) is 209 cm³/mol. The highest BCUT2D eigenvalue weighted by atomic mass is 16.6. The monoisotopic (exact) mass is 741 g/mol. The molecule has 304 valence electrons. The molecular weight excluding hydrogens is 660 g/mol. The first-order valence-corrected chi connectivity index (χ1v) is 20.5. The zero-order chi connectivity index (χ0) is 39.8. The molecule has 2 amide bonds. The van der Waals surface area contributed by atoms with E-state index in [1.807, 2.05) is 0 Å². The van der Waals surface area contributed by atoms with Gasteiger partial charge in [0.05, 0.1) is 39.3 Å². The van der Waals surface area contributed by atoms with Gasteiger partial charge in [-0.3, -0.25) is 28.1 Å². The van der Waals surface area contributed by atoms with Gasteiger partial charge in [0, 0.05) is 13.8 Å². The lowest BCUT2D eigenvalue weighted by molar-refractivity contribution is -0.968. The van der Waals surface area contributed by atoms with Crippen LogP contribution < -0.4 is 10.6 Å². The summed E-state index contributed by atoms with van der Waals surface area (Å²) in [6, 6.07) is 0. The molecule has 0 aliphatic heterocycles. The number of hydrogen-bond donors (Lipinski definition) is 2. The van der Waals surface area contributed by atoms with Gasteiger partial charge in [0.25, 0.3) is 12.5 Å². The van der Waals surface area contributed by atoms with Crippen LogP contribution in [0.15, 0.2) is 10.2 Å². The number of nitrogens with zero attached hydrogens (tertiary/aromatic N) is 4. The minimum atomic E-state index is -1.29. The van der Waals surface area contributed by atoms with Crippen molar-refractivity contribution in [2.24, 2.45) is 10.2 Å². The van der Waals surface area contributed by atoms with Crippen LogP contribution in [0, 0.1) is 0 Å². The Labute approximate surface area is 317 Å². The molecule has 0 bridgehead atoms. The first-order valence-electron chi connectivity index (χ1n) is 20.5. The van der Waals surface area contributed by atoms with Crippen LogP contribution in [0.25, 0.3) is 0 Å². The Hall–Kier alpha value is -2.60. The van der Waals surface area contributed by atoms with Crippen molar-refractivity contribution in [2.45, 2.75) is 184 Å². The standard InChI is InChI=1S/C40H78N6O6/c1-13-19-25-45(26-20-14-2,27-21-15-3)35(51-33(7)47)31-41-37(49)39(9,10)43-44-40(11,12)38(50)42-32-36(52-34(8)48)46(28-22-16-4,29-23-17-5)30-24-18-6/h35-36H,13-32H2,1-12H3/p+2. The summed E-state index contributed by atoms with van der Waals surface area (Å²) in [6.45, 7) is 27.9. The molecule has 0 saturated heterocycles. The Morgan fingerprint density at radius 3 is 0.923 bits per heavy atom. The molecule has 52 heavy (non-hydrogen) atoms. The van der Waals surface area contributed by atoms with Crippen molar-refractivity contribution in [3.05, 3.63) is 0 Å². The fourth-order valence-corrected chi connectivity index (χ4v) is 6.58. The SMILES string of the molecule is CCCC[N+](CCCC)(CCCC)C(CNC(=O)C(C)(C)N=NC(C)(C)C(=O)NCC(OC(C)=O)[N+](CCCC)(CCCC)CCCC)OC(C)=O. The van der Waals surface area contributed by atoms with Gasteiger partial charge in [-0.05, 0) is 66.2 Å². The maximum absolute atomic E-state index is 13.6. The Bertz CT molecular complexity index is 953. The zero-order valence-corrected chi connectivity index (χ0v) is 35.5. The quantitative estimate of drug-likeness (QED) is 0.0340. The number of esters is 2. The Kier molecular flexibility index (Phi) is 24.2. The van der Waals surface area contributed by atoms with Crippen molar-refractivity contribution in [3.63, 3.8) is 0 Å². The summed E-state index contributed by atoms with van der Waals surface area (Å²) in [5.41, 5.74) is -2.59. The van der Waals surface area contributed by atoms with Crippen LogP contribution in [-0.2, 0) is 28.7 Å². The summed E-state index contributed by atoms with van der Waals surface area (Å²) >= 11 is 0. The van der Waals surface area contributed by atoms with Crippen molar-refractivity contribution in [1.29, 1.82) is 0 Å². The molecule has 0 aromatic heterocycles. The van der Waals surface area contributed by atoms with Crippen molar-refractivity contribution >= 4 is 23.8 Å². The van der Waals surface area contributed by atoms with Crippen LogP contribution in [0.2, 0.25) is 0 Å². The van der Waals surface area contributed by atoms with Crippen LogP contribution in [0.5, 0.6) is 0 Å². The highest BCUT2D eigenvalue weighted by molar-refractivity contribution is 5.86. The fraction of sp³-hybridized carbons (Fsp3) is 0.900. The first-order chi connectivity index (χ1) is 24.5. The number of azo groups is 1. The minimum Gasteiger partial charge on any atom is -0.411 e. The molecule has 2 atom stereocenters. The number of rotatable bonds is 30. The van der Waals surface area contributed by atoms with Gasteiger partial charge >= 0.3 is 11.9 Å². The van der Waals surface area contributed by atoms with E-state index in [-0.39, 0.29) is 36.8 Å². The van der Waals surface area contributed by atoms with Crippen LogP contribution in [0.4, 0.5) is 0 Å². The molecule has 0 aliphatic rings. The number of carbonyl (C=O) groups is 4. The second kappa shape index (κ2) is 25.4. The normalized spacial score (nSPS) is 13.8. The van der Waals surface area contributed by atoms with Gasteiger partial charge in [0.1, 0.15) is 13.1 Å². The molecule has 12 heteroatoms. The molecule has 0 aromatic rings. The number of amides is 2. The third kappa shape index (κ3) is 17.5. The lowest BCUT2D eigenvalue weighted by atomic mass is 10.0. The predicted octanol–water partition coefficient (Wildman–Crippen LogP) is 7.44. The largest absolute Gasteiger partial charge is 0.411 e. The van der Waals surface area contributed by atoms with E-state index in [0.29, 0.717) is 8.97 Å². The maximum Gasteiger partial charge on any atom is 0.307 e. The lowest BCUT2D eigenvalue weighted by Crippen LogP contribution is -2.62. The van der Waals surface area contributed by atoms with Crippen LogP contribution in [0.1, 0.15) is 160 Å². The Morgan fingerprint density at radius 1 is 0.500 bits per heavy atom. The van der Waals surface area contributed by atoms with Crippen molar-refractivity contribution < 1.29 is 37.6 Å². The van der Waals surface area contributed by atoms with Gasteiger partial charge < -0.3 is 20.1 Å². The zero-order valence-electron chi connectivity index (χ0n) is 35.5. The van der Waals surface area contributed by atoms with Gasteiger partial charge in [-0.2, -0.15) is 10.2 Å². The van der Waals surface area contributed by atoms with Crippen molar-refractivity contribution in [2.75, 3.05) is 52.4 Å². The topological polar surface area (TPSA) is 136 Å². The number of carbonyl (C=O) groups excluding carboxylic acids is 4. The summed E-state index contributed by atoms with van der Waals surface area (Å²) in [5, 5.41) is 14.8. The number of hydrogen-bond acceptors (Lipinski definition) is 8. The third-order valence-corrected chi connectivity index (χ3v) is 10.1. The molecule has 12 nitrogen and oxygen atoms in total. The average Bonchev–Trinajstić information content (AvgIpc) is 3.10. The molecule has 0 aliphatic carbocycles. The Balaban J connectivity index is 6.13. The summed E-state index contributed by atoms with van der Waals surface area (Å²) in [7, 11) is 0. The summed E-state index contributed by atoms with van der Waals surface area (Å²) in [5.74, 6) is -1.48. The number of ether oxygens (including phenoxy) is 2. The van der Waals surface area contributed by atoms with E-state index >= 15 is 0 Å². The van der Waals surface area contributed by atoms with Gasteiger partial charge in [0.2, 0.25) is 11.8 Å². The van der Waals surface area contributed by atoms with E-state index in [2.05, 4.69) is 62.4 Å². The molecule has 0 heterocycles. The van der Waals surface area contributed by atoms with Crippen molar-refractivity contribution in [3.8, 4) is 0 Å². The first kappa shape index (κ1) is 49.4. The van der Waals surface area contributed by atoms with E-state index < -0.39 is 23.5 Å². The molecule has 0 spiro atoms. The summed E-state index contributed by atoms with van der Waals surface area (Å²) < 4.78 is 13.1. The van der Waals surface area contributed by atoms with Crippen LogP contribution in [0.3, 0.4) is 0 Å². The Morgan fingerprint density at radius 2 is 0.731 bits per heavy atom. The number of nitrogens with one attached hydrogen (secondary N) is 2. The van der Waals surface area contributed by atoms with Crippen LogP contribution in [-0.4, -0.2) is 109 Å². The molecule has 0 saturated carbocycles. The number of quaternary nitrogens is 2. The second-order valence-electron chi connectivity index (χ2n) is 15.8. The molecular formula is C40H80N6O6+2. The molecule has 0 radical (unpaired) electrons. The van der Waals surface area contributed by atoms with E-state index in [1.165, 1.54) is 13.8 Å². The maximum atomic E-state index is 13.6. The van der Waals surface area contributed by atoms with E-state index in [0.717, 1.165) is 116 Å². The summed E-state index contributed by atoms with van der Waals surface area (Å²) in [6.07, 6.45) is 11.1.